The molecule has 5 heteroatoms. The van der Waals surface area contributed by atoms with E-state index in [9.17, 15) is 4.79 Å². The molecule has 0 radical (unpaired) electrons. The number of hydrogen-bond donors (Lipinski definition) is 0. The van der Waals surface area contributed by atoms with Gasteiger partial charge in [-0.15, -0.1) is 0 Å². The average Bonchev–Trinajstić information content (AvgIpc) is 2.76. The molecule has 0 bridgehead atoms. The fourth-order valence-corrected chi connectivity index (χ4v) is 2.45. The van der Waals surface area contributed by atoms with Crippen LogP contribution in [-0.2, 0) is 6.54 Å². The Kier molecular flexibility index (Phi) is 4.73. The number of carbonyl (C=O) groups excluding carboxylic acids is 1. The topological polar surface area (TPSA) is 38.1 Å². The summed E-state index contributed by atoms with van der Waals surface area (Å²) in [4.78, 5) is 14.7. The summed E-state index contributed by atoms with van der Waals surface area (Å²) in [5.41, 5.74) is 2.38. The summed E-state index contributed by atoms with van der Waals surface area (Å²) in [5, 5.41) is 4.28. The van der Waals surface area contributed by atoms with Crippen molar-refractivity contribution < 1.29 is 4.79 Å². The van der Waals surface area contributed by atoms with Gasteiger partial charge in [-0.1, -0.05) is 23.8 Å². The van der Waals surface area contributed by atoms with Gasteiger partial charge in [0.15, 0.2) is 0 Å². The first-order valence-electron chi connectivity index (χ1n) is 6.46. The van der Waals surface area contributed by atoms with Gasteiger partial charge in [-0.05, 0) is 43.0 Å². The van der Waals surface area contributed by atoms with Gasteiger partial charge in [0.2, 0.25) is 5.78 Å². The summed E-state index contributed by atoms with van der Waals surface area (Å²) in [5.74, 6) is -0.00293. The fraction of sp³-hybridized carbons (Fsp3) is 0.333. The van der Waals surface area contributed by atoms with Crippen LogP contribution in [0.4, 0.5) is 0 Å². The third-order valence-electron chi connectivity index (χ3n) is 3.05. The third-order valence-corrected chi connectivity index (χ3v) is 3.63. The van der Waals surface area contributed by atoms with Gasteiger partial charge < -0.3 is 4.90 Å². The van der Waals surface area contributed by atoms with Crippen LogP contribution in [0.1, 0.15) is 21.6 Å². The van der Waals surface area contributed by atoms with Gasteiger partial charge in [-0.2, -0.15) is 5.10 Å². The predicted molar refractivity (Wildman–Crippen MR) is 83.1 cm³/mol. The molecule has 0 aliphatic carbocycles. The van der Waals surface area contributed by atoms with Crippen molar-refractivity contribution in [1.82, 2.24) is 14.7 Å². The molecular formula is C15H18BrN3O. The number of nitrogens with zero attached hydrogens (tertiary/aromatic N) is 3. The molecule has 0 spiro atoms. The lowest BCUT2D eigenvalue weighted by Crippen LogP contribution is -2.21. The van der Waals surface area contributed by atoms with E-state index < -0.39 is 0 Å². The summed E-state index contributed by atoms with van der Waals surface area (Å²) >= 11 is 3.42. The van der Waals surface area contributed by atoms with Crippen LogP contribution in [-0.4, -0.2) is 41.1 Å². The highest BCUT2D eigenvalue weighted by molar-refractivity contribution is 9.10. The van der Waals surface area contributed by atoms with E-state index in [1.54, 1.807) is 10.9 Å². The maximum atomic E-state index is 12.6. The van der Waals surface area contributed by atoms with Gasteiger partial charge in [0.05, 0.1) is 17.2 Å². The van der Waals surface area contributed by atoms with Crippen LogP contribution < -0.4 is 0 Å². The standard InChI is InChI=1S/C15H18BrN3O/c1-11-5-4-6-12(9-11)15(20)14-13(16)10-17-19(14)8-7-18(2)3/h4-6,9-10H,7-8H2,1-3H3. The third kappa shape index (κ3) is 3.35. The molecule has 0 unspecified atom stereocenters. The van der Waals surface area contributed by atoms with Crippen molar-refractivity contribution in [2.75, 3.05) is 20.6 Å². The lowest BCUT2D eigenvalue weighted by molar-refractivity contribution is 0.102. The smallest absolute Gasteiger partial charge is 0.212 e. The largest absolute Gasteiger partial charge is 0.308 e. The number of rotatable bonds is 5. The Bertz CT molecular complexity index is 619. The number of halogens is 1. The summed E-state index contributed by atoms with van der Waals surface area (Å²) in [6, 6.07) is 7.62. The number of likely N-dealkylation sites (N-methyl/N-ethyl adjacent to an activating group) is 1. The van der Waals surface area contributed by atoms with Crippen molar-refractivity contribution >= 4 is 21.7 Å². The maximum Gasteiger partial charge on any atom is 0.212 e. The van der Waals surface area contributed by atoms with Crippen LogP contribution in [0.3, 0.4) is 0 Å². The van der Waals surface area contributed by atoms with E-state index in [4.69, 9.17) is 0 Å². The predicted octanol–water partition coefficient (Wildman–Crippen LogP) is 2.75. The first kappa shape index (κ1) is 14.9. The van der Waals surface area contributed by atoms with E-state index in [1.165, 1.54) is 0 Å². The molecule has 0 saturated heterocycles. The van der Waals surface area contributed by atoms with Crippen LogP contribution in [0.5, 0.6) is 0 Å². The molecule has 20 heavy (non-hydrogen) atoms. The first-order chi connectivity index (χ1) is 9.49. The zero-order valence-corrected chi connectivity index (χ0v) is 13.5. The molecular weight excluding hydrogens is 318 g/mol. The highest BCUT2D eigenvalue weighted by Gasteiger charge is 2.18. The Balaban J connectivity index is 2.32. The van der Waals surface area contributed by atoms with E-state index in [0.29, 0.717) is 17.8 Å². The molecule has 1 aromatic heterocycles. The summed E-state index contributed by atoms with van der Waals surface area (Å²) in [6.07, 6.45) is 1.68. The number of hydrogen-bond acceptors (Lipinski definition) is 3. The first-order valence-corrected chi connectivity index (χ1v) is 7.25. The van der Waals surface area contributed by atoms with E-state index in [2.05, 4.69) is 25.9 Å². The lowest BCUT2D eigenvalue weighted by atomic mass is 10.1. The van der Waals surface area contributed by atoms with Crippen LogP contribution in [0.15, 0.2) is 34.9 Å². The SMILES string of the molecule is Cc1cccc(C(=O)c2c(Br)cnn2CCN(C)C)c1. The molecule has 4 nitrogen and oxygen atoms in total. The molecule has 0 aliphatic rings. The van der Waals surface area contributed by atoms with Crippen molar-refractivity contribution in [1.29, 1.82) is 0 Å². The van der Waals surface area contributed by atoms with Crippen LogP contribution in [0.2, 0.25) is 0 Å². The fourth-order valence-electron chi connectivity index (χ4n) is 1.98. The summed E-state index contributed by atoms with van der Waals surface area (Å²) in [7, 11) is 4.00. The quantitative estimate of drug-likeness (QED) is 0.788. The van der Waals surface area contributed by atoms with Gasteiger partial charge in [-0.25, -0.2) is 0 Å². The average molecular weight is 336 g/mol. The van der Waals surface area contributed by atoms with Crippen LogP contribution >= 0.6 is 15.9 Å². The molecule has 1 heterocycles. The Morgan fingerprint density at radius 1 is 1.40 bits per heavy atom. The zero-order chi connectivity index (χ0) is 14.7. The zero-order valence-electron chi connectivity index (χ0n) is 11.9. The van der Waals surface area contributed by atoms with Gasteiger partial charge in [0.1, 0.15) is 5.69 Å². The summed E-state index contributed by atoms with van der Waals surface area (Å²) < 4.78 is 2.50. The number of aryl methyl sites for hydroxylation is 1. The van der Waals surface area contributed by atoms with Crippen LogP contribution in [0.25, 0.3) is 0 Å². The highest BCUT2D eigenvalue weighted by atomic mass is 79.9. The molecule has 1 aromatic carbocycles. The maximum absolute atomic E-state index is 12.6. The van der Waals surface area contributed by atoms with Crippen molar-refractivity contribution in [3.8, 4) is 0 Å². The van der Waals surface area contributed by atoms with Gasteiger partial charge >= 0.3 is 0 Å². The van der Waals surface area contributed by atoms with E-state index in [-0.39, 0.29) is 5.78 Å². The minimum absolute atomic E-state index is 0.00293. The van der Waals surface area contributed by atoms with E-state index in [0.717, 1.165) is 16.6 Å². The number of benzene rings is 1. The van der Waals surface area contributed by atoms with E-state index >= 15 is 0 Å². The molecule has 0 N–H and O–H groups in total. The molecule has 106 valence electrons. The van der Waals surface area contributed by atoms with Crippen LogP contribution in [0, 0.1) is 6.92 Å². The Hall–Kier alpha value is -1.46. The Morgan fingerprint density at radius 3 is 2.80 bits per heavy atom. The summed E-state index contributed by atoms with van der Waals surface area (Å²) in [6.45, 7) is 3.50. The second-order valence-corrected chi connectivity index (χ2v) is 5.92. The Morgan fingerprint density at radius 2 is 2.15 bits per heavy atom. The second kappa shape index (κ2) is 6.33. The molecule has 0 fully saturated rings. The van der Waals surface area contributed by atoms with Gasteiger partial charge in [0, 0.05) is 12.1 Å². The normalized spacial score (nSPS) is 11.1. The number of aromatic nitrogens is 2. The monoisotopic (exact) mass is 335 g/mol. The second-order valence-electron chi connectivity index (χ2n) is 5.07. The minimum Gasteiger partial charge on any atom is -0.308 e. The number of carbonyl (C=O) groups is 1. The molecule has 0 aliphatic heterocycles. The van der Waals surface area contributed by atoms with Crippen molar-refractivity contribution in [2.45, 2.75) is 13.5 Å². The highest BCUT2D eigenvalue weighted by Crippen LogP contribution is 2.20. The lowest BCUT2D eigenvalue weighted by Gasteiger charge is -2.12. The molecule has 2 rings (SSSR count). The van der Waals surface area contributed by atoms with Crippen molar-refractivity contribution in [3.63, 3.8) is 0 Å². The molecule has 0 amide bonds. The molecule has 0 atom stereocenters. The van der Waals surface area contributed by atoms with Crippen molar-refractivity contribution in [2.24, 2.45) is 0 Å². The van der Waals surface area contributed by atoms with E-state index in [1.807, 2.05) is 45.3 Å². The van der Waals surface area contributed by atoms with Gasteiger partial charge in [-0.3, -0.25) is 9.48 Å². The minimum atomic E-state index is -0.00293. The molecule has 2 aromatic rings. The van der Waals surface area contributed by atoms with Gasteiger partial charge in [0.25, 0.3) is 0 Å². The number of ketones is 1. The molecule has 0 saturated carbocycles. The Labute approximate surface area is 127 Å². The van der Waals surface area contributed by atoms with Crippen molar-refractivity contribution in [3.05, 3.63) is 51.8 Å².